The Kier molecular flexibility index (Phi) is 2.67. The first-order valence-electron chi connectivity index (χ1n) is 3.45. The predicted octanol–water partition coefficient (Wildman–Crippen LogP) is -0.514. The topological polar surface area (TPSA) is 73.6 Å². The van der Waals surface area contributed by atoms with Crippen molar-refractivity contribution >= 4 is 12.6 Å². The fourth-order valence-corrected chi connectivity index (χ4v) is 0.831. The van der Waals surface area contributed by atoms with Crippen LogP contribution in [-0.2, 0) is 6.18 Å². The first-order chi connectivity index (χ1) is 6.30. The molecule has 3 N–H and O–H groups in total. The fourth-order valence-electron chi connectivity index (χ4n) is 0.831. The third-order valence-corrected chi connectivity index (χ3v) is 1.42. The predicted molar refractivity (Wildman–Crippen MR) is 40.7 cm³/mol. The van der Waals surface area contributed by atoms with Gasteiger partial charge < -0.3 is 15.2 Å². The van der Waals surface area contributed by atoms with Crippen LogP contribution in [0.1, 0.15) is 5.69 Å². The summed E-state index contributed by atoms with van der Waals surface area (Å²) in [4.78, 5) is 2.80. The molecule has 1 rings (SSSR count). The average molecular weight is 207 g/mol. The minimum Gasteiger partial charge on any atom is -0.493 e. The Morgan fingerprint density at radius 2 is 1.79 bits per heavy atom. The zero-order chi connectivity index (χ0) is 10.9. The van der Waals surface area contributed by atoms with Gasteiger partial charge in [-0.3, -0.25) is 0 Å². The van der Waals surface area contributed by atoms with Gasteiger partial charge in [-0.25, -0.2) is 4.98 Å². The van der Waals surface area contributed by atoms with Gasteiger partial charge in [0.05, 0.1) is 0 Å². The zero-order valence-corrected chi connectivity index (χ0v) is 6.65. The fraction of sp³-hybridized carbons (Fsp3) is 0.167. The lowest BCUT2D eigenvalue weighted by atomic mass is 9.80. The van der Waals surface area contributed by atoms with E-state index in [4.69, 9.17) is 15.2 Å². The lowest BCUT2D eigenvalue weighted by molar-refractivity contribution is -0.141. The molecule has 0 atom stereocenters. The third kappa shape index (κ3) is 2.36. The van der Waals surface area contributed by atoms with Crippen molar-refractivity contribution < 1.29 is 28.3 Å². The molecule has 1 aromatic rings. The molecule has 14 heavy (non-hydrogen) atoms. The molecule has 0 saturated carbocycles. The summed E-state index contributed by atoms with van der Waals surface area (Å²) < 4.78 is 36.2. The van der Waals surface area contributed by atoms with Gasteiger partial charge in [0.2, 0.25) is 5.88 Å². The minimum absolute atomic E-state index is 0.449. The summed E-state index contributed by atoms with van der Waals surface area (Å²) in [5.41, 5.74) is -1.84. The molecule has 0 aliphatic heterocycles. The first kappa shape index (κ1) is 10.8. The van der Waals surface area contributed by atoms with Crippen LogP contribution < -0.4 is 5.46 Å². The largest absolute Gasteiger partial charge is 0.493 e. The molecule has 1 heterocycles. The summed E-state index contributed by atoms with van der Waals surface area (Å²) in [5.74, 6) is -0.914. The van der Waals surface area contributed by atoms with Gasteiger partial charge in [0.15, 0.2) is 0 Å². The highest BCUT2D eigenvalue weighted by atomic mass is 19.4. The molecule has 0 spiro atoms. The summed E-state index contributed by atoms with van der Waals surface area (Å²) in [7, 11) is -2.08. The van der Waals surface area contributed by atoms with Crippen LogP contribution in [0.15, 0.2) is 12.1 Å². The average Bonchev–Trinajstić information content (AvgIpc) is 2.01. The molecule has 0 bridgehead atoms. The van der Waals surface area contributed by atoms with Gasteiger partial charge in [0.1, 0.15) is 5.69 Å². The summed E-state index contributed by atoms with van der Waals surface area (Å²) in [6.07, 6.45) is -4.73. The number of aromatic nitrogens is 1. The second kappa shape index (κ2) is 3.47. The Balaban J connectivity index is 3.21. The van der Waals surface area contributed by atoms with Gasteiger partial charge in [0.25, 0.3) is 0 Å². The van der Waals surface area contributed by atoms with Crippen LogP contribution in [0.4, 0.5) is 13.2 Å². The van der Waals surface area contributed by atoms with Crippen LogP contribution in [0.2, 0.25) is 0 Å². The molecule has 1 aromatic heterocycles. The van der Waals surface area contributed by atoms with Crippen molar-refractivity contribution in [1.82, 2.24) is 4.98 Å². The van der Waals surface area contributed by atoms with Gasteiger partial charge in [-0.15, -0.1) is 0 Å². The highest BCUT2D eigenvalue weighted by molar-refractivity contribution is 6.58. The van der Waals surface area contributed by atoms with E-state index in [2.05, 4.69) is 4.98 Å². The highest BCUT2D eigenvalue weighted by Crippen LogP contribution is 2.27. The van der Waals surface area contributed by atoms with Gasteiger partial charge in [-0.1, -0.05) is 0 Å². The Bertz CT molecular complexity index is 342. The SMILES string of the molecule is OB(O)c1cc(O)nc(C(F)(F)F)c1. The standard InChI is InChI=1S/C6H5BF3NO3/c8-6(9,10)4-1-3(7(13)14)2-5(12)11-4/h1-2,13-14H,(H,11,12). The lowest BCUT2D eigenvalue weighted by Crippen LogP contribution is -2.31. The number of alkyl halides is 3. The Morgan fingerprint density at radius 1 is 1.21 bits per heavy atom. The summed E-state index contributed by atoms with van der Waals surface area (Å²) in [6, 6.07) is 1.18. The number of halogens is 3. The molecule has 0 amide bonds. The second-order valence-corrected chi connectivity index (χ2v) is 2.52. The van der Waals surface area contributed by atoms with E-state index in [1.165, 1.54) is 0 Å². The molecule has 0 aromatic carbocycles. The molecular weight excluding hydrogens is 202 g/mol. The molecule has 76 valence electrons. The van der Waals surface area contributed by atoms with Gasteiger partial charge in [-0.05, 0) is 17.6 Å². The van der Waals surface area contributed by atoms with E-state index in [1.54, 1.807) is 0 Å². The summed E-state index contributed by atoms with van der Waals surface area (Å²) in [5, 5.41) is 25.9. The van der Waals surface area contributed by atoms with Crippen molar-refractivity contribution in [3.05, 3.63) is 17.8 Å². The molecule has 4 nitrogen and oxygen atoms in total. The maximum atomic E-state index is 12.1. The van der Waals surface area contributed by atoms with Crippen LogP contribution in [-0.4, -0.2) is 27.3 Å². The monoisotopic (exact) mass is 207 g/mol. The third-order valence-electron chi connectivity index (χ3n) is 1.42. The van der Waals surface area contributed by atoms with E-state index in [1.807, 2.05) is 0 Å². The molecule has 0 aliphatic rings. The number of aromatic hydroxyl groups is 1. The second-order valence-electron chi connectivity index (χ2n) is 2.52. The van der Waals surface area contributed by atoms with Crippen LogP contribution >= 0.6 is 0 Å². The van der Waals surface area contributed by atoms with Crippen molar-refractivity contribution in [3.63, 3.8) is 0 Å². The van der Waals surface area contributed by atoms with Crippen molar-refractivity contribution in [3.8, 4) is 5.88 Å². The lowest BCUT2D eigenvalue weighted by Gasteiger charge is -2.07. The van der Waals surface area contributed by atoms with Crippen LogP contribution in [0.25, 0.3) is 0 Å². The van der Waals surface area contributed by atoms with Crippen LogP contribution in [0, 0.1) is 0 Å². The Morgan fingerprint density at radius 3 is 2.21 bits per heavy atom. The van der Waals surface area contributed by atoms with Gasteiger partial charge in [-0.2, -0.15) is 13.2 Å². The van der Waals surface area contributed by atoms with Gasteiger partial charge >= 0.3 is 13.3 Å². The normalized spacial score (nSPS) is 11.5. The molecular formula is C6H5BF3NO3. The number of nitrogens with zero attached hydrogens (tertiary/aromatic N) is 1. The molecule has 0 fully saturated rings. The minimum atomic E-state index is -4.73. The van der Waals surface area contributed by atoms with Crippen LogP contribution in [0.5, 0.6) is 5.88 Å². The van der Waals surface area contributed by atoms with Crippen molar-refractivity contribution in [2.24, 2.45) is 0 Å². The van der Waals surface area contributed by atoms with Crippen molar-refractivity contribution in [1.29, 1.82) is 0 Å². The van der Waals surface area contributed by atoms with Crippen LogP contribution in [0.3, 0.4) is 0 Å². The highest BCUT2D eigenvalue weighted by Gasteiger charge is 2.34. The Labute approximate surface area is 76.8 Å². The van der Waals surface area contributed by atoms with E-state index in [0.717, 1.165) is 6.07 Å². The van der Waals surface area contributed by atoms with E-state index < -0.39 is 30.3 Å². The van der Waals surface area contributed by atoms with Crippen molar-refractivity contribution in [2.45, 2.75) is 6.18 Å². The number of hydrogen-bond acceptors (Lipinski definition) is 4. The van der Waals surface area contributed by atoms with Crippen molar-refractivity contribution in [2.75, 3.05) is 0 Å². The number of hydrogen-bond donors (Lipinski definition) is 3. The molecule has 0 unspecified atom stereocenters. The number of rotatable bonds is 1. The molecule has 0 aliphatic carbocycles. The molecule has 0 saturated heterocycles. The zero-order valence-electron chi connectivity index (χ0n) is 6.65. The summed E-state index contributed by atoms with van der Waals surface area (Å²) >= 11 is 0. The van der Waals surface area contributed by atoms with E-state index >= 15 is 0 Å². The van der Waals surface area contributed by atoms with E-state index in [-0.39, 0.29) is 0 Å². The molecule has 0 radical (unpaired) electrons. The Hall–Kier alpha value is -1.28. The number of pyridine rings is 1. The summed E-state index contributed by atoms with van der Waals surface area (Å²) in [6.45, 7) is 0. The quantitative estimate of drug-likeness (QED) is 0.542. The van der Waals surface area contributed by atoms with Gasteiger partial charge in [0, 0.05) is 0 Å². The van der Waals surface area contributed by atoms with E-state index in [9.17, 15) is 13.2 Å². The maximum absolute atomic E-state index is 12.1. The first-order valence-corrected chi connectivity index (χ1v) is 3.45. The van der Waals surface area contributed by atoms with E-state index in [0.29, 0.717) is 6.07 Å². The maximum Gasteiger partial charge on any atom is 0.488 e. The smallest absolute Gasteiger partial charge is 0.488 e. The molecule has 8 heteroatoms.